The number of nitrogens with two attached hydrogens (primary N) is 1. The maximum absolute atomic E-state index is 9.49. The van der Waals surface area contributed by atoms with E-state index >= 15 is 0 Å². The van der Waals surface area contributed by atoms with Gasteiger partial charge in [-0.3, -0.25) is 4.57 Å². The van der Waals surface area contributed by atoms with Gasteiger partial charge in [-0.25, -0.2) is 4.98 Å². The van der Waals surface area contributed by atoms with E-state index in [1.165, 1.54) is 0 Å². The number of nitriles is 2. The molecule has 0 saturated carbocycles. The van der Waals surface area contributed by atoms with Gasteiger partial charge in [-0.15, -0.1) is 0 Å². The van der Waals surface area contributed by atoms with Crippen LogP contribution >= 0.6 is 0 Å². The van der Waals surface area contributed by atoms with Crippen LogP contribution in [-0.2, 0) is 0 Å². The zero-order valence-electron chi connectivity index (χ0n) is 11.6. The highest BCUT2D eigenvalue weighted by Gasteiger charge is 2.23. The maximum atomic E-state index is 9.49. The Bertz CT molecular complexity index is 896. The first kappa shape index (κ1) is 13.4. The summed E-state index contributed by atoms with van der Waals surface area (Å²) in [5, 5.41) is 18.8. The van der Waals surface area contributed by atoms with Crippen LogP contribution in [0.3, 0.4) is 0 Å². The molecule has 104 valence electrons. The van der Waals surface area contributed by atoms with Crippen molar-refractivity contribution in [3.05, 3.63) is 65.9 Å². The lowest BCUT2D eigenvalue weighted by Gasteiger charge is -2.10. The van der Waals surface area contributed by atoms with Crippen molar-refractivity contribution in [2.45, 2.75) is 0 Å². The van der Waals surface area contributed by atoms with Crippen LogP contribution in [0.5, 0.6) is 0 Å². The van der Waals surface area contributed by atoms with Crippen LogP contribution in [0.2, 0.25) is 0 Å². The number of nitrogens with zero attached hydrogens (tertiary/aromatic N) is 4. The topological polar surface area (TPSA) is 91.4 Å². The molecule has 5 nitrogen and oxygen atoms in total. The Balaban J connectivity index is 2.42. The smallest absolute Gasteiger partial charge is 0.138 e. The molecule has 0 bridgehead atoms. The van der Waals surface area contributed by atoms with Crippen molar-refractivity contribution in [1.29, 1.82) is 10.5 Å². The van der Waals surface area contributed by atoms with Crippen molar-refractivity contribution in [3.8, 4) is 29.2 Å². The average Bonchev–Trinajstić information content (AvgIpc) is 2.88. The lowest BCUT2D eigenvalue weighted by molar-refractivity contribution is 1.02. The van der Waals surface area contributed by atoms with Crippen LogP contribution in [0, 0.1) is 22.7 Å². The summed E-state index contributed by atoms with van der Waals surface area (Å²) in [6.07, 6.45) is 1.64. The Morgan fingerprint density at radius 2 is 1.59 bits per heavy atom. The van der Waals surface area contributed by atoms with Crippen molar-refractivity contribution >= 4 is 5.82 Å². The first-order chi connectivity index (χ1) is 10.8. The molecule has 22 heavy (non-hydrogen) atoms. The fraction of sp³-hybridized carbons (Fsp3) is 0. The van der Waals surface area contributed by atoms with Gasteiger partial charge in [0.25, 0.3) is 0 Å². The summed E-state index contributed by atoms with van der Waals surface area (Å²) in [6.45, 7) is 0. The molecule has 0 aliphatic rings. The number of aromatic nitrogens is 2. The minimum Gasteiger partial charge on any atom is -0.384 e. The summed E-state index contributed by atoms with van der Waals surface area (Å²) in [6, 6.07) is 18.9. The molecule has 0 aliphatic carbocycles. The van der Waals surface area contributed by atoms with Gasteiger partial charge in [0.15, 0.2) is 0 Å². The normalized spacial score (nSPS) is 9.91. The van der Waals surface area contributed by atoms with Crippen LogP contribution in [-0.4, -0.2) is 9.55 Å². The number of hydrogen-bond acceptors (Lipinski definition) is 4. The first-order valence-corrected chi connectivity index (χ1v) is 6.59. The predicted molar refractivity (Wildman–Crippen MR) is 82.8 cm³/mol. The number of nitrogen functional groups attached to an aromatic ring is 1. The molecule has 2 N–H and O–H groups in total. The second kappa shape index (κ2) is 5.43. The van der Waals surface area contributed by atoms with E-state index in [9.17, 15) is 10.5 Å². The monoisotopic (exact) mass is 285 g/mol. The molecule has 0 unspecified atom stereocenters. The minimum absolute atomic E-state index is 0.173. The fourth-order valence-electron chi connectivity index (χ4n) is 2.41. The number of benzene rings is 1. The molecule has 3 aromatic rings. The average molecular weight is 285 g/mol. The molecule has 0 atom stereocenters. The van der Waals surface area contributed by atoms with E-state index in [0.29, 0.717) is 11.5 Å². The second-order valence-corrected chi connectivity index (χ2v) is 4.60. The molecule has 2 heterocycles. The number of hydrogen-bond donors (Lipinski definition) is 1. The van der Waals surface area contributed by atoms with Crippen molar-refractivity contribution in [2.75, 3.05) is 5.73 Å². The maximum Gasteiger partial charge on any atom is 0.138 e. The fourth-order valence-corrected chi connectivity index (χ4v) is 2.41. The van der Waals surface area contributed by atoms with Gasteiger partial charge in [-0.05, 0) is 12.1 Å². The minimum atomic E-state index is 0.173. The van der Waals surface area contributed by atoms with Gasteiger partial charge < -0.3 is 5.73 Å². The summed E-state index contributed by atoms with van der Waals surface area (Å²) in [5.74, 6) is 0.786. The van der Waals surface area contributed by atoms with Gasteiger partial charge in [-0.2, -0.15) is 10.5 Å². The third-order valence-electron chi connectivity index (χ3n) is 3.36. The second-order valence-electron chi connectivity index (χ2n) is 4.60. The lowest BCUT2D eigenvalue weighted by Crippen LogP contribution is -2.04. The summed E-state index contributed by atoms with van der Waals surface area (Å²) in [5.41, 5.74) is 7.93. The predicted octanol–water partition coefficient (Wildman–Crippen LogP) is 2.86. The summed E-state index contributed by atoms with van der Waals surface area (Å²) in [4.78, 5) is 4.28. The van der Waals surface area contributed by atoms with Gasteiger partial charge in [-0.1, -0.05) is 36.4 Å². The molecule has 0 spiro atoms. The molecule has 5 heteroatoms. The molecule has 0 aliphatic heterocycles. The number of pyridine rings is 1. The van der Waals surface area contributed by atoms with Crippen LogP contribution in [0.15, 0.2) is 54.7 Å². The van der Waals surface area contributed by atoms with Gasteiger partial charge in [0, 0.05) is 11.8 Å². The highest BCUT2D eigenvalue weighted by molar-refractivity contribution is 5.79. The number of rotatable bonds is 2. The van der Waals surface area contributed by atoms with E-state index in [0.717, 1.165) is 5.56 Å². The Labute approximate surface area is 127 Å². The van der Waals surface area contributed by atoms with E-state index < -0.39 is 0 Å². The van der Waals surface area contributed by atoms with Crippen molar-refractivity contribution in [1.82, 2.24) is 9.55 Å². The van der Waals surface area contributed by atoms with Gasteiger partial charge in [0.1, 0.15) is 29.3 Å². The Morgan fingerprint density at radius 1 is 0.909 bits per heavy atom. The van der Waals surface area contributed by atoms with Crippen LogP contribution in [0.4, 0.5) is 5.82 Å². The molecular weight excluding hydrogens is 274 g/mol. The molecular formula is C17H11N5. The largest absolute Gasteiger partial charge is 0.384 e. The highest BCUT2D eigenvalue weighted by atomic mass is 15.1. The standard InChI is InChI=1S/C17H11N5/c18-10-13-14(11-19)17(20)22(15-8-4-5-9-21-15)16(13)12-6-2-1-3-7-12/h1-9H,20H2. The van der Waals surface area contributed by atoms with E-state index in [1.54, 1.807) is 22.9 Å². The Kier molecular flexibility index (Phi) is 3.31. The SMILES string of the molecule is N#Cc1c(C#N)c(-c2ccccc2)n(-c2ccccn2)c1N. The Morgan fingerprint density at radius 3 is 2.18 bits per heavy atom. The van der Waals surface area contributed by atoms with Crippen molar-refractivity contribution < 1.29 is 0 Å². The van der Waals surface area contributed by atoms with E-state index in [1.807, 2.05) is 42.5 Å². The van der Waals surface area contributed by atoms with Crippen LogP contribution < -0.4 is 5.73 Å². The summed E-state index contributed by atoms with van der Waals surface area (Å²) < 4.78 is 1.65. The lowest BCUT2D eigenvalue weighted by atomic mass is 10.1. The third kappa shape index (κ3) is 1.98. The summed E-state index contributed by atoms with van der Waals surface area (Å²) in [7, 11) is 0. The molecule has 0 saturated heterocycles. The van der Waals surface area contributed by atoms with Gasteiger partial charge in [0.05, 0.1) is 11.3 Å². The molecule has 3 rings (SSSR count). The summed E-state index contributed by atoms with van der Waals surface area (Å²) >= 11 is 0. The van der Waals surface area contributed by atoms with Crippen LogP contribution in [0.25, 0.3) is 17.1 Å². The van der Waals surface area contributed by atoms with Gasteiger partial charge in [0.2, 0.25) is 0 Å². The zero-order chi connectivity index (χ0) is 15.5. The van der Waals surface area contributed by atoms with Crippen LogP contribution in [0.1, 0.15) is 11.1 Å². The van der Waals surface area contributed by atoms with Gasteiger partial charge >= 0.3 is 0 Å². The third-order valence-corrected chi connectivity index (χ3v) is 3.36. The van der Waals surface area contributed by atoms with E-state index in [2.05, 4.69) is 11.1 Å². The zero-order valence-corrected chi connectivity index (χ0v) is 11.6. The van der Waals surface area contributed by atoms with Crippen molar-refractivity contribution in [2.24, 2.45) is 0 Å². The molecule has 1 aromatic carbocycles. The first-order valence-electron chi connectivity index (χ1n) is 6.59. The van der Waals surface area contributed by atoms with Crippen molar-refractivity contribution in [3.63, 3.8) is 0 Å². The van der Waals surface area contributed by atoms with E-state index in [-0.39, 0.29) is 16.9 Å². The van der Waals surface area contributed by atoms with E-state index in [4.69, 9.17) is 5.73 Å². The molecule has 0 fully saturated rings. The molecule has 2 aromatic heterocycles. The Hall–Kier alpha value is -3.57. The molecule has 0 amide bonds. The molecule has 0 radical (unpaired) electrons. The quantitative estimate of drug-likeness (QED) is 0.783. The highest BCUT2D eigenvalue weighted by Crippen LogP contribution is 2.34. The number of anilines is 1.